The van der Waals surface area contributed by atoms with E-state index >= 15 is 0 Å². The smallest absolute Gasteiger partial charge is 0.310 e. The summed E-state index contributed by atoms with van der Waals surface area (Å²) in [6.45, 7) is 1.98. The molecular weight excluding hydrogens is 276 g/mol. The van der Waals surface area contributed by atoms with Crippen molar-refractivity contribution >= 4 is 11.8 Å². The quantitative estimate of drug-likeness (QED) is 0.702. The molecule has 0 saturated heterocycles. The lowest BCUT2D eigenvalue weighted by Gasteiger charge is -2.15. The number of carboxylic acids is 1. The Morgan fingerprint density at radius 2 is 1.86 bits per heavy atom. The standard InChI is InChI=1S/C15H20O6/c1-4-12(11(16)8-15(17)18)21-9-10-5-6-13(19-2)14(7-10)20-3/h5-7,12H,4,8-9H2,1-3H3,(H,17,18). The number of aliphatic carboxylic acids is 1. The Labute approximate surface area is 123 Å². The maximum absolute atomic E-state index is 11.7. The largest absolute Gasteiger partial charge is 0.493 e. The molecule has 1 N–H and O–H groups in total. The zero-order valence-electron chi connectivity index (χ0n) is 12.4. The van der Waals surface area contributed by atoms with E-state index in [-0.39, 0.29) is 6.61 Å². The Bertz CT molecular complexity index is 497. The zero-order valence-corrected chi connectivity index (χ0v) is 12.4. The number of methoxy groups -OCH3 is 2. The number of carbonyl (C=O) groups excluding carboxylic acids is 1. The fourth-order valence-electron chi connectivity index (χ4n) is 1.87. The highest BCUT2D eigenvalue weighted by molar-refractivity contribution is 5.97. The van der Waals surface area contributed by atoms with E-state index in [0.717, 1.165) is 5.56 Å². The van der Waals surface area contributed by atoms with E-state index in [1.54, 1.807) is 32.2 Å². The van der Waals surface area contributed by atoms with Crippen LogP contribution >= 0.6 is 0 Å². The van der Waals surface area contributed by atoms with Gasteiger partial charge in [0.2, 0.25) is 0 Å². The van der Waals surface area contributed by atoms with Gasteiger partial charge in [-0.3, -0.25) is 9.59 Å². The predicted octanol–water partition coefficient (Wildman–Crippen LogP) is 2.04. The van der Waals surface area contributed by atoms with E-state index in [4.69, 9.17) is 19.3 Å². The summed E-state index contributed by atoms with van der Waals surface area (Å²) in [5.41, 5.74) is 0.814. The molecule has 1 rings (SSSR count). The average molecular weight is 296 g/mol. The molecule has 116 valence electrons. The van der Waals surface area contributed by atoms with Gasteiger partial charge in [0.1, 0.15) is 12.5 Å². The number of ether oxygens (including phenoxy) is 3. The first kappa shape index (κ1) is 17.0. The number of rotatable bonds is 9. The molecule has 0 aliphatic rings. The van der Waals surface area contributed by atoms with Crippen molar-refractivity contribution in [2.24, 2.45) is 0 Å². The number of ketones is 1. The van der Waals surface area contributed by atoms with Crippen LogP contribution in [-0.4, -0.2) is 37.2 Å². The van der Waals surface area contributed by atoms with Crippen LogP contribution in [0.5, 0.6) is 11.5 Å². The van der Waals surface area contributed by atoms with Crippen LogP contribution in [-0.2, 0) is 20.9 Å². The summed E-state index contributed by atoms with van der Waals surface area (Å²) < 4.78 is 15.8. The van der Waals surface area contributed by atoms with Gasteiger partial charge in [-0.15, -0.1) is 0 Å². The minimum Gasteiger partial charge on any atom is -0.493 e. The summed E-state index contributed by atoms with van der Waals surface area (Å²) in [4.78, 5) is 22.2. The maximum Gasteiger partial charge on any atom is 0.310 e. The molecule has 6 heteroatoms. The Hall–Kier alpha value is -2.08. The van der Waals surface area contributed by atoms with Crippen LogP contribution in [0.25, 0.3) is 0 Å². The predicted molar refractivity (Wildman–Crippen MR) is 75.7 cm³/mol. The monoisotopic (exact) mass is 296 g/mol. The molecule has 1 aromatic rings. The Kier molecular flexibility index (Phi) is 6.68. The van der Waals surface area contributed by atoms with Crippen molar-refractivity contribution in [3.63, 3.8) is 0 Å². The Morgan fingerprint density at radius 1 is 1.19 bits per heavy atom. The Morgan fingerprint density at radius 3 is 2.38 bits per heavy atom. The van der Waals surface area contributed by atoms with E-state index in [1.165, 1.54) is 7.11 Å². The van der Waals surface area contributed by atoms with Gasteiger partial charge in [0.15, 0.2) is 17.3 Å². The van der Waals surface area contributed by atoms with Crippen molar-refractivity contribution in [1.82, 2.24) is 0 Å². The molecule has 21 heavy (non-hydrogen) atoms. The molecule has 1 unspecified atom stereocenters. The van der Waals surface area contributed by atoms with E-state index in [2.05, 4.69) is 0 Å². The van der Waals surface area contributed by atoms with Gasteiger partial charge in [-0.1, -0.05) is 13.0 Å². The highest BCUT2D eigenvalue weighted by Gasteiger charge is 2.20. The second-order valence-electron chi connectivity index (χ2n) is 4.43. The molecule has 0 saturated carbocycles. The third kappa shape index (κ3) is 5.07. The van der Waals surface area contributed by atoms with Crippen molar-refractivity contribution in [3.8, 4) is 11.5 Å². The van der Waals surface area contributed by atoms with Gasteiger partial charge >= 0.3 is 5.97 Å². The second kappa shape index (κ2) is 8.26. The molecule has 0 amide bonds. The molecule has 0 heterocycles. The third-order valence-electron chi connectivity index (χ3n) is 2.95. The molecular formula is C15H20O6. The zero-order chi connectivity index (χ0) is 15.8. The van der Waals surface area contributed by atoms with Crippen LogP contribution < -0.4 is 9.47 Å². The van der Waals surface area contributed by atoms with E-state index in [0.29, 0.717) is 17.9 Å². The summed E-state index contributed by atoms with van der Waals surface area (Å²) in [5, 5.41) is 8.63. The topological polar surface area (TPSA) is 82.1 Å². The normalized spacial score (nSPS) is 11.8. The molecule has 6 nitrogen and oxygen atoms in total. The van der Waals surface area contributed by atoms with Crippen molar-refractivity contribution in [2.75, 3.05) is 14.2 Å². The van der Waals surface area contributed by atoms with Gasteiger partial charge in [0, 0.05) is 0 Å². The van der Waals surface area contributed by atoms with Gasteiger partial charge in [0.25, 0.3) is 0 Å². The first-order valence-corrected chi connectivity index (χ1v) is 6.58. The number of carbonyl (C=O) groups is 2. The summed E-state index contributed by atoms with van der Waals surface area (Å²) in [5.74, 6) is -0.391. The van der Waals surface area contributed by atoms with Crippen LogP contribution in [0.3, 0.4) is 0 Å². The molecule has 0 fully saturated rings. The van der Waals surface area contributed by atoms with Crippen molar-refractivity contribution in [1.29, 1.82) is 0 Å². The van der Waals surface area contributed by atoms with Crippen molar-refractivity contribution in [3.05, 3.63) is 23.8 Å². The SMILES string of the molecule is CCC(OCc1ccc(OC)c(OC)c1)C(=O)CC(=O)O. The molecule has 1 atom stereocenters. The summed E-state index contributed by atoms with van der Waals surface area (Å²) in [7, 11) is 3.08. The first-order chi connectivity index (χ1) is 10.0. The number of benzene rings is 1. The van der Waals surface area contributed by atoms with Crippen LogP contribution in [0.15, 0.2) is 18.2 Å². The molecule has 0 aliphatic carbocycles. The molecule has 0 aromatic heterocycles. The summed E-state index contributed by atoms with van der Waals surface area (Å²) in [6, 6.07) is 5.31. The lowest BCUT2D eigenvalue weighted by molar-refractivity contribution is -0.144. The number of hydrogen-bond acceptors (Lipinski definition) is 5. The minimum absolute atomic E-state index is 0.199. The van der Waals surface area contributed by atoms with E-state index in [1.807, 2.05) is 0 Å². The average Bonchev–Trinajstić information content (AvgIpc) is 2.46. The van der Waals surface area contributed by atoms with Crippen LogP contribution in [0, 0.1) is 0 Å². The van der Waals surface area contributed by atoms with Gasteiger partial charge in [0.05, 0.1) is 20.8 Å². The highest BCUT2D eigenvalue weighted by atomic mass is 16.5. The fraction of sp³-hybridized carbons (Fsp3) is 0.467. The second-order valence-corrected chi connectivity index (χ2v) is 4.43. The van der Waals surface area contributed by atoms with Gasteiger partial charge in [-0.2, -0.15) is 0 Å². The lowest BCUT2D eigenvalue weighted by atomic mass is 10.1. The third-order valence-corrected chi connectivity index (χ3v) is 2.95. The Balaban J connectivity index is 2.68. The van der Waals surface area contributed by atoms with Crippen LogP contribution in [0.1, 0.15) is 25.3 Å². The van der Waals surface area contributed by atoms with Crippen LogP contribution in [0.2, 0.25) is 0 Å². The number of Topliss-reactive ketones (excluding diaryl/α,β-unsaturated/α-hetero) is 1. The minimum atomic E-state index is -1.15. The summed E-state index contributed by atoms with van der Waals surface area (Å²) in [6.07, 6.45) is -0.807. The lowest BCUT2D eigenvalue weighted by Crippen LogP contribution is -2.25. The van der Waals surface area contributed by atoms with Gasteiger partial charge in [-0.05, 0) is 24.1 Å². The van der Waals surface area contributed by atoms with E-state index in [9.17, 15) is 9.59 Å². The summed E-state index contributed by atoms with van der Waals surface area (Å²) >= 11 is 0. The van der Waals surface area contributed by atoms with Gasteiger partial charge < -0.3 is 19.3 Å². The molecule has 1 aromatic carbocycles. The molecule has 0 aliphatic heterocycles. The van der Waals surface area contributed by atoms with Gasteiger partial charge in [-0.25, -0.2) is 0 Å². The number of carboxylic acid groups (broad SMARTS) is 1. The first-order valence-electron chi connectivity index (χ1n) is 6.58. The number of hydrogen-bond donors (Lipinski definition) is 1. The van der Waals surface area contributed by atoms with E-state index < -0.39 is 24.3 Å². The molecule has 0 spiro atoms. The van der Waals surface area contributed by atoms with Crippen molar-refractivity contribution < 1.29 is 28.9 Å². The van der Waals surface area contributed by atoms with Crippen molar-refractivity contribution in [2.45, 2.75) is 32.5 Å². The van der Waals surface area contributed by atoms with Crippen LogP contribution in [0.4, 0.5) is 0 Å². The highest BCUT2D eigenvalue weighted by Crippen LogP contribution is 2.28. The molecule has 0 radical (unpaired) electrons. The molecule has 0 bridgehead atoms. The fourth-order valence-corrected chi connectivity index (χ4v) is 1.87. The maximum atomic E-state index is 11.7.